The monoisotopic (exact) mass is 554 g/mol. The van der Waals surface area contributed by atoms with Crippen molar-refractivity contribution in [1.82, 2.24) is 0 Å². The van der Waals surface area contributed by atoms with Gasteiger partial charge in [-0.2, -0.15) is 0 Å². The van der Waals surface area contributed by atoms with Gasteiger partial charge in [0, 0.05) is 21.9 Å². The summed E-state index contributed by atoms with van der Waals surface area (Å²) in [4.78, 5) is 0. The Bertz CT molecular complexity index is 2870. The van der Waals surface area contributed by atoms with E-state index in [-0.39, 0.29) is 51.3 Å². The third-order valence-corrected chi connectivity index (χ3v) is 8.31. The number of para-hydroxylation sites is 1. The lowest BCUT2D eigenvalue weighted by Gasteiger charge is -2.19. The molecule has 1 heterocycles. The standard InChI is InChI=1S/C42H26O/c1-2-13-27(14-3-1)29-16-6-7-18-31(29)39-32-19-8-10-21-34(32)40(35-22-11-9-20-33(35)39)36-23-12-24-37-41-30-17-5-4-15-28(30)25-26-38(41)43-42(36)37/h1-26H/i8D,9D,10D,11D,19D,20D,21D,22D. The summed E-state index contributed by atoms with van der Waals surface area (Å²) >= 11 is 0. The van der Waals surface area contributed by atoms with E-state index in [2.05, 4.69) is 0 Å². The summed E-state index contributed by atoms with van der Waals surface area (Å²) in [5.41, 5.74) is 4.28. The average Bonchev–Trinajstić information content (AvgIpc) is 3.56. The minimum atomic E-state index is -0.445. The molecular formula is C42H26O. The van der Waals surface area contributed by atoms with Gasteiger partial charge in [0.2, 0.25) is 0 Å². The summed E-state index contributed by atoms with van der Waals surface area (Å²) in [6.45, 7) is 0. The largest absolute Gasteiger partial charge is 0.455 e. The molecule has 0 unspecified atom stereocenters. The number of fused-ring (bicyclic) bond motifs is 7. The van der Waals surface area contributed by atoms with E-state index >= 15 is 0 Å². The summed E-state index contributed by atoms with van der Waals surface area (Å²) in [5.74, 6) is 0. The quantitative estimate of drug-likeness (QED) is 0.198. The van der Waals surface area contributed by atoms with Gasteiger partial charge in [0.1, 0.15) is 11.2 Å². The Labute approximate surface area is 260 Å². The van der Waals surface area contributed by atoms with Gasteiger partial charge in [0.15, 0.2) is 0 Å². The van der Waals surface area contributed by atoms with Gasteiger partial charge in [-0.15, -0.1) is 0 Å². The lowest BCUT2D eigenvalue weighted by molar-refractivity contribution is 0.670. The number of hydrogen-bond acceptors (Lipinski definition) is 1. The number of rotatable bonds is 3. The lowest BCUT2D eigenvalue weighted by atomic mass is 9.83. The summed E-state index contributed by atoms with van der Waals surface area (Å²) in [5, 5.41) is 4.29. The molecule has 0 bridgehead atoms. The van der Waals surface area contributed by atoms with E-state index < -0.39 is 24.2 Å². The molecule has 9 rings (SSSR count). The molecule has 0 amide bonds. The summed E-state index contributed by atoms with van der Waals surface area (Å²) in [7, 11) is 0. The van der Waals surface area contributed by atoms with E-state index in [0.29, 0.717) is 27.9 Å². The Hall–Kier alpha value is -5.66. The van der Waals surface area contributed by atoms with Crippen molar-refractivity contribution >= 4 is 54.3 Å². The van der Waals surface area contributed by atoms with Crippen molar-refractivity contribution < 1.29 is 15.4 Å². The van der Waals surface area contributed by atoms with Crippen molar-refractivity contribution in [3.05, 3.63) is 158 Å². The number of furan rings is 1. The van der Waals surface area contributed by atoms with Crippen molar-refractivity contribution in [2.24, 2.45) is 0 Å². The summed E-state index contributed by atoms with van der Waals surface area (Å²) < 4.78 is 79.4. The van der Waals surface area contributed by atoms with Crippen molar-refractivity contribution in [3.8, 4) is 33.4 Å². The highest BCUT2D eigenvalue weighted by atomic mass is 16.3. The topological polar surface area (TPSA) is 13.1 Å². The summed E-state index contributed by atoms with van der Waals surface area (Å²) in [6.07, 6.45) is 0. The Balaban J connectivity index is 1.57. The molecule has 0 atom stereocenters. The molecule has 1 nitrogen and oxygen atoms in total. The minimum absolute atomic E-state index is 0.147. The second-order valence-electron chi connectivity index (χ2n) is 10.6. The molecule has 0 spiro atoms. The van der Waals surface area contributed by atoms with Gasteiger partial charge in [-0.1, -0.05) is 151 Å². The molecule has 0 fully saturated rings. The van der Waals surface area contributed by atoms with Crippen LogP contribution in [0.4, 0.5) is 0 Å². The van der Waals surface area contributed by atoms with Crippen LogP contribution in [0.1, 0.15) is 11.0 Å². The first-order valence-corrected chi connectivity index (χ1v) is 14.1. The molecule has 0 aliphatic heterocycles. The van der Waals surface area contributed by atoms with Gasteiger partial charge >= 0.3 is 0 Å². The van der Waals surface area contributed by atoms with E-state index in [1.165, 1.54) is 0 Å². The van der Waals surface area contributed by atoms with Crippen LogP contribution >= 0.6 is 0 Å². The maximum absolute atomic E-state index is 9.40. The molecule has 0 aliphatic carbocycles. The first-order chi connectivity index (χ1) is 24.7. The smallest absolute Gasteiger partial charge is 0.143 e. The number of benzene rings is 8. The van der Waals surface area contributed by atoms with Crippen molar-refractivity contribution in [3.63, 3.8) is 0 Å². The second kappa shape index (κ2) is 9.44. The molecule has 8 aromatic carbocycles. The zero-order valence-corrected chi connectivity index (χ0v) is 22.8. The maximum Gasteiger partial charge on any atom is 0.143 e. The zero-order valence-electron chi connectivity index (χ0n) is 30.8. The fraction of sp³-hybridized carbons (Fsp3) is 0. The Morgan fingerprint density at radius 3 is 1.70 bits per heavy atom. The zero-order chi connectivity index (χ0) is 35.3. The van der Waals surface area contributed by atoms with E-state index in [4.69, 9.17) is 9.90 Å². The van der Waals surface area contributed by atoms with E-state index in [0.717, 1.165) is 32.7 Å². The normalized spacial score (nSPS) is 14.3. The van der Waals surface area contributed by atoms with Crippen molar-refractivity contribution in [2.45, 2.75) is 0 Å². The fourth-order valence-corrected chi connectivity index (χ4v) is 6.50. The molecule has 0 radical (unpaired) electrons. The highest BCUT2D eigenvalue weighted by Crippen LogP contribution is 2.48. The summed E-state index contributed by atoms with van der Waals surface area (Å²) in [6, 6.07) is 31.5. The molecule has 0 aliphatic rings. The van der Waals surface area contributed by atoms with Crippen LogP contribution in [0, 0.1) is 0 Å². The molecule has 0 N–H and O–H groups in total. The lowest BCUT2D eigenvalue weighted by Crippen LogP contribution is -1.92. The van der Waals surface area contributed by atoms with Crippen LogP contribution in [0.2, 0.25) is 0 Å². The number of hydrogen-bond donors (Lipinski definition) is 0. The first kappa shape index (κ1) is 17.3. The first-order valence-electron chi connectivity index (χ1n) is 18.1. The van der Waals surface area contributed by atoms with Gasteiger partial charge < -0.3 is 4.42 Å². The predicted octanol–water partition coefficient (Wildman–Crippen LogP) is 12.0. The van der Waals surface area contributed by atoms with Gasteiger partial charge in [0.05, 0.1) is 11.0 Å². The van der Waals surface area contributed by atoms with Crippen LogP contribution in [-0.4, -0.2) is 0 Å². The maximum atomic E-state index is 9.40. The van der Waals surface area contributed by atoms with Crippen LogP contribution in [0.5, 0.6) is 0 Å². The van der Waals surface area contributed by atoms with Crippen LogP contribution in [0.3, 0.4) is 0 Å². The third kappa shape index (κ3) is 3.58. The fourth-order valence-electron chi connectivity index (χ4n) is 6.50. The SMILES string of the molecule is [2H]c1c([2H])c([2H])c2c(-c3cccc4c3oc3ccc5ccccc5c34)c3c([2H])c([2H])c([2H])c([2H])c3c(-c3ccccc3-c3ccccc3)c2c1[2H]. The van der Waals surface area contributed by atoms with Gasteiger partial charge in [0.25, 0.3) is 0 Å². The second-order valence-corrected chi connectivity index (χ2v) is 10.6. The van der Waals surface area contributed by atoms with Crippen molar-refractivity contribution in [1.29, 1.82) is 0 Å². The third-order valence-electron chi connectivity index (χ3n) is 8.31. The van der Waals surface area contributed by atoms with E-state index in [1.54, 1.807) is 6.07 Å². The van der Waals surface area contributed by atoms with E-state index in [1.807, 2.05) is 103 Å². The highest BCUT2D eigenvalue weighted by molar-refractivity contribution is 6.26. The average molecular weight is 555 g/mol. The van der Waals surface area contributed by atoms with Gasteiger partial charge in [-0.05, 0) is 60.6 Å². The van der Waals surface area contributed by atoms with Crippen LogP contribution in [0.25, 0.3) is 87.6 Å². The molecule has 43 heavy (non-hydrogen) atoms. The Kier molecular flexibility index (Phi) is 3.80. The molecular weight excluding hydrogens is 520 g/mol. The highest BCUT2D eigenvalue weighted by Gasteiger charge is 2.21. The van der Waals surface area contributed by atoms with Crippen molar-refractivity contribution in [2.75, 3.05) is 0 Å². The minimum Gasteiger partial charge on any atom is -0.455 e. The molecule has 1 heteroatoms. The molecule has 0 saturated carbocycles. The molecule has 9 aromatic rings. The van der Waals surface area contributed by atoms with E-state index in [9.17, 15) is 5.48 Å². The predicted molar refractivity (Wildman–Crippen MR) is 183 cm³/mol. The van der Waals surface area contributed by atoms with Gasteiger partial charge in [-0.3, -0.25) is 0 Å². The van der Waals surface area contributed by atoms with Crippen LogP contribution < -0.4 is 0 Å². The van der Waals surface area contributed by atoms with Gasteiger partial charge in [-0.25, -0.2) is 0 Å². The molecule has 0 saturated heterocycles. The molecule has 1 aromatic heterocycles. The Morgan fingerprint density at radius 2 is 0.977 bits per heavy atom. The Morgan fingerprint density at radius 1 is 0.419 bits per heavy atom. The molecule has 200 valence electrons. The van der Waals surface area contributed by atoms with Crippen LogP contribution in [-0.2, 0) is 0 Å². The van der Waals surface area contributed by atoms with Crippen LogP contribution in [0.15, 0.2) is 162 Å².